The summed E-state index contributed by atoms with van der Waals surface area (Å²) < 4.78 is 0. The van der Waals surface area contributed by atoms with E-state index in [-0.39, 0.29) is 17.9 Å². The van der Waals surface area contributed by atoms with Crippen molar-refractivity contribution in [3.63, 3.8) is 0 Å². The van der Waals surface area contributed by atoms with Crippen molar-refractivity contribution in [1.82, 2.24) is 14.8 Å². The van der Waals surface area contributed by atoms with E-state index in [0.29, 0.717) is 31.6 Å². The maximum absolute atomic E-state index is 13.0. The van der Waals surface area contributed by atoms with Crippen LogP contribution in [-0.2, 0) is 11.3 Å². The lowest BCUT2D eigenvalue weighted by Gasteiger charge is -2.31. The van der Waals surface area contributed by atoms with Crippen LogP contribution in [0.15, 0.2) is 48.7 Å². The summed E-state index contributed by atoms with van der Waals surface area (Å²) >= 11 is 0. The normalized spacial score (nSPS) is 17.9. The number of amides is 2. The Morgan fingerprint density at radius 3 is 2.65 bits per heavy atom. The summed E-state index contributed by atoms with van der Waals surface area (Å²) in [6.07, 6.45) is 2.86. The van der Waals surface area contributed by atoms with E-state index >= 15 is 0 Å². The molecule has 0 spiro atoms. The van der Waals surface area contributed by atoms with Gasteiger partial charge in [0, 0.05) is 44.0 Å². The van der Waals surface area contributed by atoms with Crippen LogP contribution in [0.5, 0.6) is 0 Å². The Hall–Kier alpha value is -2.69. The van der Waals surface area contributed by atoms with Gasteiger partial charge in [-0.25, -0.2) is 0 Å². The molecule has 2 heterocycles. The molecule has 1 aliphatic heterocycles. The lowest BCUT2D eigenvalue weighted by Crippen LogP contribution is -2.43. The van der Waals surface area contributed by atoms with Crippen LogP contribution >= 0.6 is 0 Å². The number of nitrogens with zero attached hydrogens (tertiary/aromatic N) is 3. The van der Waals surface area contributed by atoms with Gasteiger partial charge >= 0.3 is 0 Å². The quantitative estimate of drug-likeness (QED) is 0.851. The number of hydrogen-bond acceptors (Lipinski definition) is 3. The third-order valence-corrected chi connectivity index (χ3v) is 4.98. The molecular weight excluding hydrogens is 326 g/mol. The first kappa shape index (κ1) is 18.1. The van der Waals surface area contributed by atoms with Crippen LogP contribution in [0.25, 0.3) is 0 Å². The minimum absolute atomic E-state index is 0.0196. The fourth-order valence-corrected chi connectivity index (χ4v) is 3.43. The topological polar surface area (TPSA) is 53.5 Å². The van der Waals surface area contributed by atoms with Crippen molar-refractivity contribution in [1.29, 1.82) is 0 Å². The Morgan fingerprint density at radius 1 is 1.19 bits per heavy atom. The molecule has 1 saturated heterocycles. The van der Waals surface area contributed by atoms with Crippen molar-refractivity contribution in [2.45, 2.75) is 39.3 Å². The highest BCUT2D eigenvalue weighted by Gasteiger charge is 2.31. The molecule has 0 saturated carbocycles. The van der Waals surface area contributed by atoms with E-state index in [2.05, 4.69) is 11.9 Å². The van der Waals surface area contributed by atoms with Gasteiger partial charge in [0.2, 0.25) is 5.91 Å². The SMILES string of the molecule is CC[C@H]1CN(C(=O)c2cccnc2C)CCC(=O)N1Cc1ccccc1. The summed E-state index contributed by atoms with van der Waals surface area (Å²) in [6, 6.07) is 13.6. The molecule has 0 bridgehead atoms. The molecule has 1 aromatic heterocycles. The summed E-state index contributed by atoms with van der Waals surface area (Å²) in [6.45, 7) is 5.51. The predicted molar refractivity (Wildman–Crippen MR) is 101 cm³/mol. The zero-order valence-electron chi connectivity index (χ0n) is 15.4. The molecule has 2 aromatic rings. The van der Waals surface area contributed by atoms with Crippen LogP contribution in [0.1, 0.15) is 41.4 Å². The molecule has 136 valence electrons. The first-order chi connectivity index (χ1) is 12.6. The van der Waals surface area contributed by atoms with E-state index in [9.17, 15) is 9.59 Å². The average Bonchev–Trinajstić information content (AvgIpc) is 2.82. The third-order valence-electron chi connectivity index (χ3n) is 4.98. The monoisotopic (exact) mass is 351 g/mol. The van der Waals surface area contributed by atoms with Gasteiger partial charge < -0.3 is 9.80 Å². The molecule has 5 heteroatoms. The van der Waals surface area contributed by atoms with E-state index in [1.54, 1.807) is 23.2 Å². The van der Waals surface area contributed by atoms with Crippen LogP contribution in [0.2, 0.25) is 0 Å². The molecule has 26 heavy (non-hydrogen) atoms. The molecule has 3 rings (SSSR count). The zero-order chi connectivity index (χ0) is 18.5. The van der Waals surface area contributed by atoms with Gasteiger partial charge in [-0.1, -0.05) is 37.3 Å². The number of pyridine rings is 1. The van der Waals surface area contributed by atoms with Gasteiger partial charge in [0.05, 0.1) is 5.56 Å². The molecule has 1 fully saturated rings. The highest BCUT2D eigenvalue weighted by molar-refractivity contribution is 5.95. The fourth-order valence-electron chi connectivity index (χ4n) is 3.43. The van der Waals surface area contributed by atoms with Crippen LogP contribution < -0.4 is 0 Å². The standard InChI is InChI=1S/C21H25N3O2/c1-3-18-15-23(21(26)19-10-7-12-22-16(19)2)13-11-20(25)24(18)14-17-8-5-4-6-9-17/h4-10,12,18H,3,11,13-15H2,1-2H3/t18-/m0/s1. The van der Waals surface area contributed by atoms with Gasteiger partial charge in [0.25, 0.3) is 5.91 Å². The number of carbonyl (C=O) groups excluding carboxylic acids is 2. The number of rotatable bonds is 4. The minimum atomic E-state index is -0.0385. The van der Waals surface area contributed by atoms with Gasteiger partial charge in [-0.2, -0.15) is 0 Å². The second-order valence-electron chi connectivity index (χ2n) is 6.71. The molecule has 2 amide bonds. The van der Waals surface area contributed by atoms with E-state index in [4.69, 9.17) is 0 Å². The molecule has 1 aliphatic rings. The first-order valence-electron chi connectivity index (χ1n) is 9.14. The Balaban J connectivity index is 1.80. The maximum atomic E-state index is 13.0. The largest absolute Gasteiger partial charge is 0.336 e. The molecule has 0 radical (unpaired) electrons. The van der Waals surface area contributed by atoms with Crippen LogP contribution in [0.4, 0.5) is 0 Å². The van der Waals surface area contributed by atoms with Crippen molar-refractivity contribution in [3.8, 4) is 0 Å². The van der Waals surface area contributed by atoms with Gasteiger partial charge in [-0.05, 0) is 31.0 Å². The zero-order valence-corrected chi connectivity index (χ0v) is 15.4. The lowest BCUT2D eigenvalue weighted by atomic mass is 10.1. The van der Waals surface area contributed by atoms with Crippen molar-refractivity contribution < 1.29 is 9.59 Å². The molecule has 1 atom stereocenters. The van der Waals surface area contributed by atoms with Gasteiger partial charge in [0.15, 0.2) is 0 Å². The van der Waals surface area contributed by atoms with Crippen molar-refractivity contribution in [3.05, 3.63) is 65.5 Å². The number of aryl methyl sites for hydroxylation is 1. The van der Waals surface area contributed by atoms with Crippen molar-refractivity contribution in [2.75, 3.05) is 13.1 Å². The Labute approximate surface area is 154 Å². The van der Waals surface area contributed by atoms with Crippen LogP contribution in [-0.4, -0.2) is 45.7 Å². The number of carbonyl (C=O) groups is 2. The predicted octanol–water partition coefficient (Wildman–Crippen LogP) is 3.04. The van der Waals surface area contributed by atoms with Crippen molar-refractivity contribution >= 4 is 11.8 Å². The Morgan fingerprint density at radius 2 is 1.96 bits per heavy atom. The molecule has 1 aromatic carbocycles. The smallest absolute Gasteiger partial charge is 0.255 e. The molecular formula is C21H25N3O2. The van der Waals surface area contributed by atoms with Gasteiger partial charge in [-0.15, -0.1) is 0 Å². The molecule has 0 unspecified atom stereocenters. The number of benzene rings is 1. The highest BCUT2D eigenvalue weighted by Crippen LogP contribution is 2.20. The van der Waals surface area contributed by atoms with Crippen LogP contribution in [0.3, 0.4) is 0 Å². The molecule has 0 aliphatic carbocycles. The third kappa shape index (κ3) is 3.93. The maximum Gasteiger partial charge on any atom is 0.255 e. The number of hydrogen-bond donors (Lipinski definition) is 0. The van der Waals surface area contributed by atoms with E-state index in [1.807, 2.05) is 42.2 Å². The fraction of sp³-hybridized carbons (Fsp3) is 0.381. The van der Waals surface area contributed by atoms with Gasteiger partial charge in [-0.3, -0.25) is 14.6 Å². The Bertz CT molecular complexity index is 776. The second-order valence-corrected chi connectivity index (χ2v) is 6.71. The van der Waals surface area contributed by atoms with Crippen LogP contribution in [0, 0.1) is 6.92 Å². The summed E-state index contributed by atoms with van der Waals surface area (Å²) in [4.78, 5) is 33.7. The van der Waals surface area contributed by atoms with E-state index < -0.39 is 0 Å². The summed E-state index contributed by atoms with van der Waals surface area (Å²) in [5, 5.41) is 0. The average molecular weight is 351 g/mol. The lowest BCUT2D eigenvalue weighted by molar-refractivity contribution is -0.133. The Kier molecular flexibility index (Phi) is 5.66. The molecule has 5 nitrogen and oxygen atoms in total. The second kappa shape index (κ2) is 8.13. The first-order valence-corrected chi connectivity index (χ1v) is 9.14. The van der Waals surface area contributed by atoms with Gasteiger partial charge in [0.1, 0.15) is 0 Å². The summed E-state index contributed by atoms with van der Waals surface area (Å²) in [5.74, 6) is 0.0716. The van der Waals surface area contributed by atoms with E-state index in [0.717, 1.165) is 17.7 Å². The molecule has 0 N–H and O–H groups in total. The minimum Gasteiger partial charge on any atom is -0.336 e. The van der Waals surface area contributed by atoms with E-state index in [1.165, 1.54) is 0 Å². The summed E-state index contributed by atoms with van der Waals surface area (Å²) in [7, 11) is 0. The highest BCUT2D eigenvalue weighted by atomic mass is 16.2. The van der Waals surface area contributed by atoms with Crippen molar-refractivity contribution in [2.24, 2.45) is 0 Å². The number of aromatic nitrogens is 1. The summed E-state index contributed by atoms with van der Waals surface area (Å²) in [5.41, 5.74) is 2.45.